The molecule has 1 atom stereocenters. The molecule has 80 valence electrons. The summed E-state index contributed by atoms with van der Waals surface area (Å²) in [7, 11) is 2.18. The van der Waals surface area contributed by atoms with E-state index in [2.05, 4.69) is 46.6 Å². The zero-order valence-electron chi connectivity index (χ0n) is 10.1. The zero-order chi connectivity index (χ0) is 10.6. The Morgan fingerprint density at radius 1 is 1.23 bits per heavy atom. The fourth-order valence-electron chi connectivity index (χ4n) is 1.18. The normalized spacial score (nSPS) is 15.5. The Labute approximate surface area is 83.5 Å². The molecule has 0 saturated carbocycles. The number of hydrogen-bond donors (Lipinski definition) is 1. The molecule has 0 radical (unpaired) electrons. The van der Waals surface area contributed by atoms with Gasteiger partial charge >= 0.3 is 0 Å². The van der Waals surface area contributed by atoms with Gasteiger partial charge in [0.1, 0.15) is 0 Å². The Balaban J connectivity index is 3.81. The van der Waals surface area contributed by atoms with Crippen LogP contribution in [-0.4, -0.2) is 30.1 Å². The van der Waals surface area contributed by atoms with Crippen LogP contribution < -0.4 is 5.73 Å². The lowest BCUT2D eigenvalue weighted by Crippen LogP contribution is -2.40. The SMILES string of the molecule is CC(C)C(C)N(C)CCC(C)(C)N. The molecule has 0 aliphatic rings. The second kappa shape index (κ2) is 4.97. The van der Waals surface area contributed by atoms with Crippen molar-refractivity contribution in [2.45, 2.75) is 52.6 Å². The van der Waals surface area contributed by atoms with Gasteiger partial charge in [0.2, 0.25) is 0 Å². The van der Waals surface area contributed by atoms with Crippen LogP contribution in [0.25, 0.3) is 0 Å². The summed E-state index contributed by atoms with van der Waals surface area (Å²) in [4.78, 5) is 2.39. The Morgan fingerprint density at radius 2 is 1.69 bits per heavy atom. The lowest BCUT2D eigenvalue weighted by molar-refractivity contribution is 0.193. The zero-order valence-corrected chi connectivity index (χ0v) is 10.1. The molecule has 0 fully saturated rings. The highest BCUT2D eigenvalue weighted by Gasteiger charge is 2.16. The Kier molecular flexibility index (Phi) is 4.93. The van der Waals surface area contributed by atoms with Crippen LogP contribution in [0.5, 0.6) is 0 Å². The third-order valence-corrected chi connectivity index (χ3v) is 2.77. The molecule has 0 aromatic carbocycles. The summed E-state index contributed by atoms with van der Waals surface area (Å²) in [5.74, 6) is 0.714. The van der Waals surface area contributed by atoms with Gasteiger partial charge in [0, 0.05) is 11.6 Å². The summed E-state index contributed by atoms with van der Waals surface area (Å²) in [5.41, 5.74) is 5.90. The van der Waals surface area contributed by atoms with Crippen LogP contribution in [0.2, 0.25) is 0 Å². The molecule has 13 heavy (non-hydrogen) atoms. The molecule has 0 saturated heterocycles. The van der Waals surface area contributed by atoms with E-state index in [-0.39, 0.29) is 5.54 Å². The van der Waals surface area contributed by atoms with Gasteiger partial charge < -0.3 is 10.6 Å². The molecule has 0 spiro atoms. The number of nitrogens with two attached hydrogens (primary N) is 1. The minimum atomic E-state index is -0.0367. The summed E-state index contributed by atoms with van der Waals surface area (Å²) in [6, 6.07) is 0.641. The first-order valence-electron chi connectivity index (χ1n) is 5.23. The molecule has 2 nitrogen and oxygen atoms in total. The Morgan fingerprint density at radius 3 is 2.00 bits per heavy atom. The summed E-state index contributed by atoms with van der Waals surface area (Å²) >= 11 is 0. The second-order valence-electron chi connectivity index (χ2n) is 5.20. The van der Waals surface area contributed by atoms with E-state index in [1.807, 2.05) is 0 Å². The van der Waals surface area contributed by atoms with Crippen LogP contribution >= 0.6 is 0 Å². The quantitative estimate of drug-likeness (QED) is 0.712. The number of nitrogens with zero attached hydrogens (tertiary/aromatic N) is 1. The van der Waals surface area contributed by atoms with Crippen LogP contribution in [-0.2, 0) is 0 Å². The molecular weight excluding hydrogens is 160 g/mol. The third-order valence-electron chi connectivity index (χ3n) is 2.77. The summed E-state index contributed by atoms with van der Waals surface area (Å²) in [6.45, 7) is 12.0. The Hall–Kier alpha value is -0.0800. The highest BCUT2D eigenvalue weighted by atomic mass is 15.1. The van der Waals surface area contributed by atoms with Crippen molar-refractivity contribution in [1.82, 2.24) is 4.90 Å². The highest BCUT2D eigenvalue weighted by molar-refractivity contribution is 4.75. The second-order valence-corrected chi connectivity index (χ2v) is 5.20. The molecule has 0 aromatic heterocycles. The van der Waals surface area contributed by atoms with E-state index in [0.29, 0.717) is 12.0 Å². The van der Waals surface area contributed by atoms with E-state index >= 15 is 0 Å². The van der Waals surface area contributed by atoms with Crippen LogP contribution in [0.15, 0.2) is 0 Å². The van der Waals surface area contributed by atoms with Crippen molar-refractivity contribution in [3.63, 3.8) is 0 Å². The van der Waals surface area contributed by atoms with Crippen molar-refractivity contribution < 1.29 is 0 Å². The molecule has 2 N–H and O–H groups in total. The average molecular weight is 186 g/mol. The predicted molar refractivity (Wildman–Crippen MR) is 59.8 cm³/mol. The van der Waals surface area contributed by atoms with E-state index in [0.717, 1.165) is 13.0 Å². The van der Waals surface area contributed by atoms with Crippen molar-refractivity contribution in [3.05, 3.63) is 0 Å². The smallest absolute Gasteiger partial charge is 0.0109 e. The molecule has 0 heterocycles. The van der Waals surface area contributed by atoms with Gasteiger partial charge in [-0.3, -0.25) is 0 Å². The third kappa shape index (κ3) is 6.05. The van der Waals surface area contributed by atoms with Gasteiger partial charge in [-0.05, 0) is 46.7 Å². The van der Waals surface area contributed by atoms with Gasteiger partial charge in [-0.2, -0.15) is 0 Å². The monoisotopic (exact) mass is 186 g/mol. The number of hydrogen-bond acceptors (Lipinski definition) is 2. The predicted octanol–water partition coefficient (Wildman–Crippen LogP) is 2.09. The van der Waals surface area contributed by atoms with Gasteiger partial charge in [0.05, 0.1) is 0 Å². The van der Waals surface area contributed by atoms with Crippen LogP contribution in [0.1, 0.15) is 41.0 Å². The largest absolute Gasteiger partial charge is 0.326 e. The van der Waals surface area contributed by atoms with Crippen LogP contribution in [0, 0.1) is 5.92 Å². The maximum absolute atomic E-state index is 5.93. The first-order chi connectivity index (χ1) is 5.74. The van der Waals surface area contributed by atoms with E-state index in [9.17, 15) is 0 Å². The highest BCUT2D eigenvalue weighted by Crippen LogP contribution is 2.11. The molecule has 0 amide bonds. The topological polar surface area (TPSA) is 29.3 Å². The molecule has 0 rings (SSSR count). The van der Waals surface area contributed by atoms with Crippen molar-refractivity contribution in [2.24, 2.45) is 11.7 Å². The first-order valence-corrected chi connectivity index (χ1v) is 5.23. The summed E-state index contributed by atoms with van der Waals surface area (Å²) in [5, 5.41) is 0. The van der Waals surface area contributed by atoms with Gasteiger partial charge in [-0.15, -0.1) is 0 Å². The maximum Gasteiger partial charge on any atom is 0.0109 e. The summed E-state index contributed by atoms with van der Waals surface area (Å²) in [6.07, 6.45) is 1.06. The molecule has 0 aliphatic heterocycles. The average Bonchev–Trinajstić information content (AvgIpc) is 1.97. The maximum atomic E-state index is 5.93. The van der Waals surface area contributed by atoms with E-state index in [4.69, 9.17) is 5.73 Å². The summed E-state index contributed by atoms with van der Waals surface area (Å²) < 4.78 is 0. The minimum Gasteiger partial charge on any atom is -0.326 e. The molecule has 0 bridgehead atoms. The fourth-order valence-corrected chi connectivity index (χ4v) is 1.18. The molecule has 0 aromatic rings. The van der Waals surface area contributed by atoms with E-state index in [1.165, 1.54) is 0 Å². The lowest BCUT2D eigenvalue weighted by atomic mass is 10.00. The van der Waals surface area contributed by atoms with E-state index in [1.54, 1.807) is 0 Å². The Bertz CT molecular complexity index is 136. The van der Waals surface area contributed by atoms with Gasteiger partial charge in [0.25, 0.3) is 0 Å². The molecule has 2 heteroatoms. The van der Waals surface area contributed by atoms with Crippen molar-refractivity contribution >= 4 is 0 Å². The number of rotatable bonds is 5. The van der Waals surface area contributed by atoms with E-state index < -0.39 is 0 Å². The lowest BCUT2D eigenvalue weighted by Gasteiger charge is -2.30. The molecule has 0 aliphatic carbocycles. The van der Waals surface area contributed by atoms with Crippen molar-refractivity contribution in [2.75, 3.05) is 13.6 Å². The van der Waals surface area contributed by atoms with Crippen molar-refractivity contribution in [3.8, 4) is 0 Å². The van der Waals surface area contributed by atoms with Crippen molar-refractivity contribution in [1.29, 1.82) is 0 Å². The van der Waals surface area contributed by atoms with Crippen LogP contribution in [0.3, 0.4) is 0 Å². The fraction of sp³-hybridized carbons (Fsp3) is 1.00. The first kappa shape index (κ1) is 12.9. The van der Waals surface area contributed by atoms with Gasteiger partial charge in [0.15, 0.2) is 0 Å². The van der Waals surface area contributed by atoms with Gasteiger partial charge in [-0.25, -0.2) is 0 Å². The minimum absolute atomic E-state index is 0.0367. The van der Waals surface area contributed by atoms with Crippen LogP contribution in [0.4, 0.5) is 0 Å². The van der Waals surface area contributed by atoms with Gasteiger partial charge in [-0.1, -0.05) is 13.8 Å². The molecule has 1 unspecified atom stereocenters. The molecular formula is C11H26N2. The standard InChI is InChI=1S/C11H26N2/c1-9(2)10(3)13(6)8-7-11(4,5)12/h9-10H,7-8,12H2,1-6H3.